The van der Waals surface area contributed by atoms with Gasteiger partial charge in [0.15, 0.2) is 0 Å². The Labute approximate surface area is 121 Å². The Hall–Kier alpha value is -0.970. The Morgan fingerprint density at radius 1 is 1.39 bits per heavy atom. The molecule has 3 N–H and O–H groups in total. The van der Waals surface area contributed by atoms with Crippen LogP contribution in [0.5, 0.6) is 0 Å². The van der Waals surface area contributed by atoms with Crippen molar-refractivity contribution in [2.75, 3.05) is 23.8 Å². The zero-order valence-corrected chi connectivity index (χ0v) is 12.5. The molecule has 0 spiro atoms. The second kappa shape index (κ2) is 9.03. The van der Waals surface area contributed by atoms with Crippen LogP contribution in [-0.2, 0) is 4.79 Å². The maximum Gasteiger partial charge on any atom is 0.238 e. The smallest absolute Gasteiger partial charge is 0.238 e. The number of hydrogen-bond acceptors (Lipinski definition) is 3. The Bertz CT molecular complexity index is 372. The molecule has 0 bridgehead atoms. The van der Waals surface area contributed by atoms with E-state index in [1.54, 1.807) is 0 Å². The third-order valence-electron chi connectivity index (χ3n) is 2.50. The molecule has 0 aromatic heterocycles. The van der Waals surface area contributed by atoms with E-state index in [4.69, 9.17) is 5.73 Å². The maximum atomic E-state index is 11.1. The molecule has 0 saturated heterocycles. The summed E-state index contributed by atoms with van der Waals surface area (Å²) in [6.45, 7) is 4.24. The summed E-state index contributed by atoms with van der Waals surface area (Å²) in [6.07, 6.45) is 0. The van der Waals surface area contributed by atoms with Crippen molar-refractivity contribution in [3.63, 3.8) is 0 Å². The summed E-state index contributed by atoms with van der Waals surface area (Å²) in [4.78, 5) is 13.3. The first-order valence-electron chi connectivity index (χ1n) is 5.37. The van der Waals surface area contributed by atoms with Gasteiger partial charge >= 0.3 is 0 Å². The van der Waals surface area contributed by atoms with E-state index >= 15 is 0 Å². The summed E-state index contributed by atoms with van der Waals surface area (Å²) in [6, 6.07) is 8.14. The van der Waals surface area contributed by atoms with Crippen LogP contribution in [0.15, 0.2) is 24.3 Å². The molecule has 0 unspecified atom stereocenters. The molecule has 18 heavy (non-hydrogen) atoms. The molecule has 4 nitrogen and oxygen atoms in total. The second-order valence-electron chi connectivity index (χ2n) is 4.01. The zero-order chi connectivity index (χ0) is 12.1. The number of anilines is 2. The van der Waals surface area contributed by atoms with Crippen molar-refractivity contribution in [3.05, 3.63) is 24.3 Å². The van der Waals surface area contributed by atoms with Crippen LogP contribution in [-0.4, -0.2) is 25.5 Å². The summed E-state index contributed by atoms with van der Waals surface area (Å²) in [5, 5.41) is 2.74. The molecule has 0 saturated carbocycles. The first-order valence-corrected chi connectivity index (χ1v) is 5.37. The van der Waals surface area contributed by atoms with Gasteiger partial charge in [-0.3, -0.25) is 4.79 Å². The van der Waals surface area contributed by atoms with Crippen LogP contribution in [0.3, 0.4) is 0 Å². The highest BCUT2D eigenvalue weighted by atomic mass is 35.5. The molecule has 0 fully saturated rings. The van der Waals surface area contributed by atoms with Gasteiger partial charge in [0.2, 0.25) is 5.91 Å². The number of nitrogens with zero attached hydrogens (tertiary/aromatic N) is 1. The van der Waals surface area contributed by atoms with E-state index in [2.05, 4.69) is 24.1 Å². The second-order valence-corrected chi connectivity index (χ2v) is 4.01. The van der Waals surface area contributed by atoms with Gasteiger partial charge in [0.1, 0.15) is 0 Å². The Balaban J connectivity index is 0. The van der Waals surface area contributed by atoms with Crippen molar-refractivity contribution < 1.29 is 4.79 Å². The molecular weight excluding hydrogens is 273 g/mol. The highest BCUT2D eigenvalue weighted by Gasteiger charge is 2.06. The van der Waals surface area contributed by atoms with Gasteiger partial charge in [-0.2, -0.15) is 0 Å². The van der Waals surface area contributed by atoms with Crippen molar-refractivity contribution >= 4 is 42.1 Å². The molecule has 1 aromatic carbocycles. The van der Waals surface area contributed by atoms with E-state index in [1.165, 1.54) is 0 Å². The van der Waals surface area contributed by atoms with Gasteiger partial charge in [-0.05, 0) is 32.0 Å². The minimum absolute atomic E-state index is 0. The lowest BCUT2D eigenvalue weighted by Gasteiger charge is -2.24. The fourth-order valence-corrected chi connectivity index (χ4v) is 1.31. The van der Waals surface area contributed by atoms with Crippen LogP contribution in [0.25, 0.3) is 0 Å². The summed E-state index contributed by atoms with van der Waals surface area (Å²) < 4.78 is 0. The molecule has 0 aliphatic rings. The van der Waals surface area contributed by atoms with E-state index in [-0.39, 0.29) is 37.3 Å². The lowest BCUT2D eigenvalue weighted by molar-refractivity contribution is -0.114. The minimum Gasteiger partial charge on any atom is -0.372 e. The molecule has 0 atom stereocenters. The number of carbonyl (C=O) groups is 1. The Kier molecular flexibility index (Phi) is 9.71. The summed E-state index contributed by atoms with van der Waals surface area (Å²) in [5.41, 5.74) is 7.10. The topological polar surface area (TPSA) is 58.4 Å². The van der Waals surface area contributed by atoms with E-state index < -0.39 is 0 Å². The largest absolute Gasteiger partial charge is 0.372 e. The van der Waals surface area contributed by atoms with Crippen molar-refractivity contribution in [3.8, 4) is 0 Å². The van der Waals surface area contributed by atoms with Crippen LogP contribution >= 0.6 is 24.8 Å². The average molecular weight is 294 g/mol. The van der Waals surface area contributed by atoms with Crippen molar-refractivity contribution in [2.24, 2.45) is 5.73 Å². The van der Waals surface area contributed by atoms with Crippen molar-refractivity contribution in [2.45, 2.75) is 19.9 Å². The fourth-order valence-electron chi connectivity index (χ4n) is 1.31. The first-order chi connectivity index (χ1) is 7.54. The number of nitrogens with two attached hydrogens (primary N) is 1. The predicted molar refractivity (Wildman–Crippen MR) is 82.2 cm³/mol. The summed E-state index contributed by atoms with van der Waals surface area (Å²) >= 11 is 0. The van der Waals surface area contributed by atoms with Crippen LogP contribution < -0.4 is 16.0 Å². The van der Waals surface area contributed by atoms with Crippen LogP contribution in [0.2, 0.25) is 0 Å². The lowest BCUT2D eigenvalue weighted by Crippen LogP contribution is -2.26. The molecule has 1 aromatic rings. The monoisotopic (exact) mass is 293 g/mol. The van der Waals surface area contributed by atoms with Gasteiger partial charge in [-0.15, -0.1) is 24.8 Å². The molecule has 6 heteroatoms. The van der Waals surface area contributed by atoms with Crippen molar-refractivity contribution in [1.82, 2.24) is 0 Å². The number of benzene rings is 1. The number of carbonyl (C=O) groups excluding carboxylic acids is 1. The molecule has 1 rings (SSSR count). The fraction of sp³-hybridized carbons (Fsp3) is 0.417. The number of amides is 1. The van der Waals surface area contributed by atoms with Gasteiger partial charge < -0.3 is 16.0 Å². The molecule has 0 aliphatic carbocycles. The van der Waals surface area contributed by atoms with Crippen molar-refractivity contribution in [1.29, 1.82) is 0 Å². The summed E-state index contributed by atoms with van der Waals surface area (Å²) in [5.74, 6) is -0.177. The number of hydrogen-bond donors (Lipinski definition) is 2. The lowest BCUT2D eigenvalue weighted by atomic mass is 10.2. The average Bonchev–Trinajstić information content (AvgIpc) is 2.28. The SMILES string of the molecule is CC(C)N(C)c1cccc(NC(=O)CN)c1.Cl.Cl. The maximum absolute atomic E-state index is 11.1. The zero-order valence-electron chi connectivity index (χ0n) is 10.8. The first kappa shape index (κ1) is 19.4. The predicted octanol–water partition coefficient (Wildman–Crippen LogP) is 2.27. The number of rotatable bonds is 4. The third kappa shape index (κ3) is 5.58. The van der Waals surface area contributed by atoms with Crippen LogP contribution in [0.4, 0.5) is 11.4 Å². The Morgan fingerprint density at radius 3 is 2.50 bits per heavy atom. The quantitative estimate of drug-likeness (QED) is 0.895. The highest BCUT2D eigenvalue weighted by Crippen LogP contribution is 2.19. The molecule has 0 radical (unpaired) electrons. The summed E-state index contributed by atoms with van der Waals surface area (Å²) in [7, 11) is 2.02. The van der Waals surface area contributed by atoms with E-state index in [0.29, 0.717) is 6.04 Å². The normalized spacial score (nSPS) is 9.17. The molecule has 0 aliphatic heterocycles. The van der Waals surface area contributed by atoms with Crippen LogP contribution in [0.1, 0.15) is 13.8 Å². The van der Waals surface area contributed by atoms with Gasteiger partial charge in [0, 0.05) is 24.5 Å². The van der Waals surface area contributed by atoms with Gasteiger partial charge in [-0.25, -0.2) is 0 Å². The van der Waals surface area contributed by atoms with Gasteiger partial charge in [-0.1, -0.05) is 6.07 Å². The van der Waals surface area contributed by atoms with Gasteiger partial charge in [0.05, 0.1) is 6.54 Å². The molecule has 0 heterocycles. The van der Waals surface area contributed by atoms with E-state index in [0.717, 1.165) is 11.4 Å². The number of halogens is 2. The number of nitrogens with one attached hydrogen (secondary N) is 1. The third-order valence-corrected chi connectivity index (χ3v) is 2.50. The molecule has 104 valence electrons. The molecular formula is C12H21Cl2N3O. The standard InChI is InChI=1S/C12H19N3O.2ClH/c1-9(2)15(3)11-6-4-5-10(7-11)14-12(16)8-13;;/h4-7,9H,8,13H2,1-3H3,(H,14,16);2*1H. The van der Waals surface area contributed by atoms with E-state index in [9.17, 15) is 4.79 Å². The molecule has 1 amide bonds. The van der Waals surface area contributed by atoms with E-state index in [1.807, 2.05) is 31.3 Å². The highest BCUT2D eigenvalue weighted by molar-refractivity contribution is 5.92. The van der Waals surface area contributed by atoms with Crippen LogP contribution in [0, 0.1) is 0 Å². The minimum atomic E-state index is -0.177. The van der Waals surface area contributed by atoms with Gasteiger partial charge in [0.25, 0.3) is 0 Å². The Morgan fingerprint density at radius 2 is 2.00 bits per heavy atom.